The highest BCUT2D eigenvalue weighted by Gasteiger charge is 2.84. The molecule has 162 valence electrons. The Kier molecular flexibility index (Phi) is 4.95. The second kappa shape index (κ2) is 7.39. The summed E-state index contributed by atoms with van der Waals surface area (Å²) in [5.74, 6) is 2.52. The Hall–Kier alpha value is -1.84. The number of nitrogens with zero attached hydrogens (tertiary/aromatic N) is 2. The number of carbonyl (C=O) groups excluding carboxylic acids is 1. The molecule has 1 aromatic carbocycles. The van der Waals surface area contributed by atoms with Gasteiger partial charge in [0.1, 0.15) is 5.71 Å². The average molecular weight is 408 g/mol. The molecule has 4 heteroatoms. The van der Waals surface area contributed by atoms with Crippen LogP contribution in [0.4, 0.5) is 0 Å². The van der Waals surface area contributed by atoms with E-state index >= 15 is 0 Å². The SMILES string of the molecule is CCCCCN1N=C(C(=O)NCC2CCC3C(C)(C)C34CC24)CC1c1ccccc1. The van der Waals surface area contributed by atoms with Crippen molar-refractivity contribution in [2.45, 2.75) is 71.8 Å². The zero-order valence-electron chi connectivity index (χ0n) is 18.9. The van der Waals surface area contributed by atoms with Gasteiger partial charge in [-0.3, -0.25) is 9.80 Å². The summed E-state index contributed by atoms with van der Waals surface area (Å²) in [6.45, 7) is 8.90. The molecule has 0 radical (unpaired) electrons. The number of hydrogen-bond donors (Lipinski definition) is 1. The van der Waals surface area contributed by atoms with Gasteiger partial charge < -0.3 is 5.32 Å². The molecule has 1 N–H and O–H groups in total. The Morgan fingerprint density at radius 3 is 2.77 bits per heavy atom. The molecular weight excluding hydrogens is 370 g/mol. The summed E-state index contributed by atoms with van der Waals surface area (Å²) in [6.07, 6.45) is 8.28. The fraction of sp³-hybridized carbons (Fsp3) is 0.692. The van der Waals surface area contributed by atoms with Gasteiger partial charge in [-0.2, -0.15) is 5.10 Å². The Morgan fingerprint density at radius 1 is 1.20 bits per heavy atom. The van der Waals surface area contributed by atoms with Gasteiger partial charge in [0.25, 0.3) is 5.91 Å². The van der Waals surface area contributed by atoms with E-state index in [4.69, 9.17) is 5.10 Å². The maximum Gasteiger partial charge on any atom is 0.267 e. The van der Waals surface area contributed by atoms with E-state index in [0.717, 1.165) is 37.8 Å². The van der Waals surface area contributed by atoms with Gasteiger partial charge in [-0.1, -0.05) is 63.9 Å². The fourth-order valence-corrected chi connectivity index (χ4v) is 7.19. The molecule has 30 heavy (non-hydrogen) atoms. The van der Waals surface area contributed by atoms with Crippen LogP contribution in [-0.2, 0) is 4.79 Å². The molecule has 3 fully saturated rings. The molecule has 1 spiro atoms. The van der Waals surface area contributed by atoms with Crippen LogP contribution in [0.15, 0.2) is 35.4 Å². The predicted octanol–water partition coefficient (Wildman–Crippen LogP) is 5.17. The lowest BCUT2D eigenvalue weighted by Crippen LogP contribution is -2.35. The molecule has 0 bridgehead atoms. The summed E-state index contributed by atoms with van der Waals surface area (Å²) < 4.78 is 0. The van der Waals surface area contributed by atoms with Crippen molar-refractivity contribution in [1.82, 2.24) is 10.3 Å². The van der Waals surface area contributed by atoms with Gasteiger partial charge in [0, 0.05) is 19.5 Å². The third kappa shape index (κ3) is 3.09. The lowest BCUT2D eigenvalue weighted by molar-refractivity contribution is -0.115. The van der Waals surface area contributed by atoms with Crippen LogP contribution in [0.25, 0.3) is 0 Å². The summed E-state index contributed by atoms with van der Waals surface area (Å²) in [7, 11) is 0. The van der Waals surface area contributed by atoms with Crippen LogP contribution >= 0.6 is 0 Å². The lowest BCUT2D eigenvalue weighted by Gasteiger charge is -2.23. The fourth-order valence-electron chi connectivity index (χ4n) is 7.19. The minimum atomic E-state index is 0.0563. The molecule has 1 amide bonds. The summed E-state index contributed by atoms with van der Waals surface area (Å²) in [4.78, 5) is 13.0. The molecule has 1 heterocycles. The average Bonchev–Trinajstić information content (AvgIpc) is 3.54. The van der Waals surface area contributed by atoms with Crippen molar-refractivity contribution in [2.75, 3.05) is 13.1 Å². The number of hydrazone groups is 1. The number of unbranched alkanes of at least 4 members (excludes halogenated alkanes) is 2. The number of carbonyl (C=O) groups is 1. The molecule has 3 saturated carbocycles. The van der Waals surface area contributed by atoms with Gasteiger partial charge in [-0.05, 0) is 59.8 Å². The van der Waals surface area contributed by atoms with Crippen LogP contribution in [0.5, 0.6) is 0 Å². The summed E-state index contributed by atoms with van der Waals surface area (Å²) in [5, 5.41) is 10.2. The van der Waals surface area contributed by atoms with Crippen LogP contribution in [-0.4, -0.2) is 29.7 Å². The topological polar surface area (TPSA) is 44.7 Å². The number of rotatable bonds is 8. The van der Waals surface area contributed by atoms with Gasteiger partial charge in [-0.25, -0.2) is 0 Å². The van der Waals surface area contributed by atoms with Crippen LogP contribution in [0.2, 0.25) is 0 Å². The molecule has 5 rings (SSSR count). The normalized spacial score (nSPS) is 35.3. The number of benzene rings is 1. The summed E-state index contributed by atoms with van der Waals surface area (Å²) >= 11 is 0. The smallest absolute Gasteiger partial charge is 0.267 e. The quantitative estimate of drug-likeness (QED) is 0.604. The number of amides is 1. The van der Waals surface area contributed by atoms with E-state index in [1.54, 1.807) is 0 Å². The molecule has 0 saturated heterocycles. The second-order valence-corrected chi connectivity index (χ2v) is 10.7. The monoisotopic (exact) mass is 407 g/mol. The Morgan fingerprint density at radius 2 is 2.00 bits per heavy atom. The number of hydrogen-bond acceptors (Lipinski definition) is 3. The zero-order valence-corrected chi connectivity index (χ0v) is 18.9. The minimum absolute atomic E-state index is 0.0563. The molecule has 5 atom stereocenters. The molecular formula is C26H37N3O. The van der Waals surface area contributed by atoms with Crippen molar-refractivity contribution >= 4 is 11.6 Å². The Balaban J connectivity index is 1.20. The molecule has 0 aromatic heterocycles. The molecule has 5 unspecified atom stereocenters. The second-order valence-electron chi connectivity index (χ2n) is 10.7. The highest BCUT2D eigenvalue weighted by Crippen LogP contribution is 2.89. The van der Waals surface area contributed by atoms with Crippen molar-refractivity contribution in [3.8, 4) is 0 Å². The maximum absolute atomic E-state index is 13.0. The summed E-state index contributed by atoms with van der Waals surface area (Å²) in [6, 6.07) is 10.7. The van der Waals surface area contributed by atoms with Gasteiger partial charge in [0.2, 0.25) is 0 Å². The standard InChI is InChI=1S/C26H37N3O/c1-4-5-9-14-29-22(18-10-7-6-8-11-18)15-21(28-29)24(30)27-17-19-12-13-23-25(2,3)26(23)16-20(19)26/h6-8,10-11,19-20,22-23H,4-5,9,12-17H2,1-3H3,(H,27,30). The molecule has 1 aliphatic heterocycles. The van der Waals surface area contributed by atoms with E-state index in [-0.39, 0.29) is 11.9 Å². The Bertz CT molecular complexity index is 832. The third-order valence-electron chi connectivity index (χ3n) is 9.02. The highest BCUT2D eigenvalue weighted by molar-refractivity contribution is 6.39. The van der Waals surface area contributed by atoms with Crippen molar-refractivity contribution in [3.63, 3.8) is 0 Å². The lowest BCUT2D eigenvalue weighted by atomic mass is 9.89. The Labute approximate surface area is 181 Å². The van der Waals surface area contributed by atoms with E-state index in [0.29, 0.717) is 22.5 Å². The van der Waals surface area contributed by atoms with E-state index in [9.17, 15) is 4.79 Å². The van der Waals surface area contributed by atoms with E-state index in [1.807, 2.05) is 0 Å². The molecule has 3 aliphatic carbocycles. The van der Waals surface area contributed by atoms with Crippen molar-refractivity contribution in [3.05, 3.63) is 35.9 Å². The first-order chi connectivity index (χ1) is 14.5. The van der Waals surface area contributed by atoms with Gasteiger partial charge in [0.05, 0.1) is 6.04 Å². The molecule has 4 aliphatic rings. The van der Waals surface area contributed by atoms with Crippen LogP contribution < -0.4 is 5.32 Å². The highest BCUT2D eigenvalue weighted by atomic mass is 16.2. The number of nitrogens with one attached hydrogen (secondary N) is 1. The van der Waals surface area contributed by atoms with Crippen LogP contribution in [0, 0.1) is 28.6 Å². The first-order valence-corrected chi connectivity index (χ1v) is 12.2. The van der Waals surface area contributed by atoms with Crippen molar-refractivity contribution < 1.29 is 4.79 Å². The van der Waals surface area contributed by atoms with E-state index in [2.05, 4.69) is 61.4 Å². The minimum Gasteiger partial charge on any atom is -0.351 e. The predicted molar refractivity (Wildman–Crippen MR) is 121 cm³/mol. The largest absolute Gasteiger partial charge is 0.351 e. The summed E-state index contributed by atoms with van der Waals surface area (Å²) in [5.41, 5.74) is 3.16. The van der Waals surface area contributed by atoms with Gasteiger partial charge in [-0.15, -0.1) is 0 Å². The van der Waals surface area contributed by atoms with E-state index in [1.165, 1.54) is 37.7 Å². The van der Waals surface area contributed by atoms with Crippen molar-refractivity contribution in [2.24, 2.45) is 33.7 Å². The van der Waals surface area contributed by atoms with Gasteiger partial charge in [0.15, 0.2) is 0 Å². The third-order valence-corrected chi connectivity index (χ3v) is 9.02. The molecule has 4 nitrogen and oxygen atoms in total. The van der Waals surface area contributed by atoms with Crippen LogP contribution in [0.1, 0.15) is 77.3 Å². The van der Waals surface area contributed by atoms with Gasteiger partial charge >= 0.3 is 0 Å². The first-order valence-electron chi connectivity index (χ1n) is 12.2. The first kappa shape index (κ1) is 20.1. The van der Waals surface area contributed by atoms with Crippen LogP contribution in [0.3, 0.4) is 0 Å². The molecule has 1 aromatic rings. The maximum atomic E-state index is 13.0. The van der Waals surface area contributed by atoms with Crippen molar-refractivity contribution in [1.29, 1.82) is 0 Å². The zero-order chi connectivity index (χ0) is 20.9. The van der Waals surface area contributed by atoms with E-state index < -0.39 is 0 Å².